The molecule has 0 bridgehead atoms. The number of nitrogens with one attached hydrogen (secondary N) is 4. The zero-order valence-electron chi connectivity index (χ0n) is 13.5. The zero-order valence-corrected chi connectivity index (χ0v) is 15.1. The molecule has 0 radical (unpaired) electrons. The van der Waals surface area contributed by atoms with Gasteiger partial charge in [-0.1, -0.05) is 34.1 Å². The van der Waals surface area contributed by atoms with Gasteiger partial charge >= 0.3 is 0 Å². The summed E-state index contributed by atoms with van der Waals surface area (Å²) in [6.07, 6.45) is 1.33. The number of anilines is 4. The Hall–Kier alpha value is -3.33. The van der Waals surface area contributed by atoms with Crippen LogP contribution in [0.15, 0.2) is 65.4 Å². The number of amides is 1. The maximum absolute atomic E-state index is 12.1. The number of aromatic nitrogens is 2. The number of nitrogen functional groups attached to an aromatic ring is 1. The van der Waals surface area contributed by atoms with Crippen molar-refractivity contribution < 1.29 is 4.79 Å². The van der Waals surface area contributed by atoms with Gasteiger partial charge in [-0.15, -0.1) is 0 Å². The number of carbonyl (C=O) groups is 1. The highest BCUT2D eigenvalue weighted by atomic mass is 79.9. The maximum atomic E-state index is 12.1. The van der Waals surface area contributed by atoms with Crippen molar-refractivity contribution in [3.8, 4) is 0 Å². The molecule has 1 heterocycles. The average Bonchev–Trinajstić information content (AvgIpc) is 2.67. The second-order valence-corrected chi connectivity index (χ2v) is 6.10. The molecular weight excluding hydrogens is 398 g/mol. The van der Waals surface area contributed by atoms with E-state index in [9.17, 15) is 4.79 Å². The third-order valence-electron chi connectivity index (χ3n) is 3.38. The summed E-state index contributed by atoms with van der Waals surface area (Å²) in [5.41, 5.74) is 18.8. The van der Waals surface area contributed by atoms with E-state index in [2.05, 4.69) is 47.6 Å². The standard InChI is InChI=1S/C17H16BrN7O/c18-12-8-6-11(7-9-12)17(26)25-24-16-14(19)15(20-10-21-16)23-22-13-4-2-1-3-5-13/h1-10,22H,19H2,(H,25,26)(H2,20,21,23,24). The van der Waals surface area contributed by atoms with E-state index in [1.54, 1.807) is 24.3 Å². The molecule has 0 saturated heterocycles. The fourth-order valence-electron chi connectivity index (χ4n) is 2.04. The number of hydrogen-bond acceptors (Lipinski definition) is 7. The van der Waals surface area contributed by atoms with Crippen LogP contribution in [0.2, 0.25) is 0 Å². The van der Waals surface area contributed by atoms with Gasteiger partial charge in [-0.2, -0.15) is 0 Å². The number of hydrazine groups is 2. The molecule has 1 amide bonds. The van der Waals surface area contributed by atoms with Gasteiger partial charge in [-0.05, 0) is 36.4 Å². The summed E-state index contributed by atoms with van der Waals surface area (Å²) < 4.78 is 0.892. The minimum absolute atomic E-state index is 0.257. The molecular formula is C17H16BrN7O. The van der Waals surface area contributed by atoms with Crippen LogP contribution >= 0.6 is 15.9 Å². The summed E-state index contributed by atoms with van der Waals surface area (Å²) >= 11 is 3.33. The van der Waals surface area contributed by atoms with Crippen molar-refractivity contribution in [2.75, 3.05) is 22.0 Å². The van der Waals surface area contributed by atoms with Gasteiger partial charge in [0.1, 0.15) is 12.0 Å². The van der Waals surface area contributed by atoms with Crippen LogP contribution in [-0.4, -0.2) is 15.9 Å². The molecule has 0 aliphatic rings. The number of carbonyl (C=O) groups excluding carboxylic acids is 1. The second-order valence-electron chi connectivity index (χ2n) is 5.19. The third-order valence-corrected chi connectivity index (χ3v) is 3.91. The van der Waals surface area contributed by atoms with Crippen LogP contribution in [0.25, 0.3) is 0 Å². The summed E-state index contributed by atoms with van der Waals surface area (Å²) in [6, 6.07) is 16.5. The van der Waals surface area contributed by atoms with Crippen molar-refractivity contribution in [3.05, 3.63) is 71.0 Å². The van der Waals surface area contributed by atoms with Crippen LogP contribution in [0, 0.1) is 0 Å². The van der Waals surface area contributed by atoms with Gasteiger partial charge in [0.2, 0.25) is 0 Å². The summed E-state index contributed by atoms with van der Waals surface area (Å²) in [5, 5.41) is 0. The number of hydrogen-bond donors (Lipinski definition) is 5. The smallest absolute Gasteiger partial charge is 0.269 e. The molecule has 2 aromatic carbocycles. The molecule has 0 atom stereocenters. The van der Waals surface area contributed by atoms with E-state index in [0.717, 1.165) is 10.2 Å². The maximum Gasteiger partial charge on any atom is 0.269 e. The van der Waals surface area contributed by atoms with Crippen LogP contribution < -0.4 is 27.4 Å². The van der Waals surface area contributed by atoms with Crippen molar-refractivity contribution >= 4 is 44.8 Å². The third kappa shape index (κ3) is 4.39. The number of benzene rings is 2. The van der Waals surface area contributed by atoms with Crippen LogP contribution in [0.3, 0.4) is 0 Å². The van der Waals surface area contributed by atoms with Crippen molar-refractivity contribution in [1.29, 1.82) is 0 Å². The van der Waals surface area contributed by atoms with Crippen molar-refractivity contribution in [1.82, 2.24) is 15.4 Å². The highest BCUT2D eigenvalue weighted by Gasteiger charge is 2.10. The molecule has 8 nitrogen and oxygen atoms in total. The zero-order chi connectivity index (χ0) is 18.4. The lowest BCUT2D eigenvalue weighted by atomic mass is 10.2. The number of rotatable bonds is 6. The summed E-state index contributed by atoms with van der Waals surface area (Å²) in [6.45, 7) is 0. The monoisotopic (exact) mass is 413 g/mol. The normalized spacial score (nSPS) is 10.0. The fourth-order valence-corrected chi connectivity index (χ4v) is 2.30. The van der Waals surface area contributed by atoms with E-state index >= 15 is 0 Å². The highest BCUT2D eigenvalue weighted by molar-refractivity contribution is 9.10. The van der Waals surface area contributed by atoms with E-state index in [0.29, 0.717) is 11.4 Å². The van der Waals surface area contributed by atoms with Gasteiger partial charge in [0.05, 0.1) is 5.69 Å². The lowest BCUT2D eigenvalue weighted by molar-refractivity contribution is 0.0962. The summed E-state index contributed by atoms with van der Waals surface area (Å²) in [5.74, 6) is 0.347. The molecule has 0 fully saturated rings. The quantitative estimate of drug-likeness (QED) is 0.394. The summed E-state index contributed by atoms with van der Waals surface area (Å²) in [7, 11) is 0. The number of nitrogens with two attached hydrogens (primary N) is 1. The molecule has 0 unspecified atom stereocenters. The second kappa shape index (κ2) is 8.17. The van der Waals surface area contributed by atoms with Crippen molar-refractivity contribution in [3.63, 3.8) is 0 Å². The van der Waals surface area contributed by atoms with Gasteiger partial charge < -0.3 is 5.73 Å². The van der Waals surface area contributed by atoms with E-state index in [1.807, 2.05) is 30.3 Å². The first-order chi connectivity index (χ1) is 12.6. The van der Waals surface area contributed by atoms with Crippen LogP contribution in [0.4, 0.5) is 23.0 Å². The Morgan fingerprint density at radius 2 is 1.54 bits per heavy atom. The number of nitrogens with zero attached hydrogens (tertiary/aromatic N) is 2. The average molecular weight is 414 g/mol. The molecule has 3 aromatic rings. The van der Waals surface area contributed by atoms with E-state index in [-0.39, 0.29) is 17.4 Å². The minimum atomic E-state index is -0.313. The van der Waals surface area contributed by atoms with Crippen LogP contribution in [-0.2, 0) is 0 Å². The Morgan fingerprint density at radius 1 is 0.885 bits per heavy atom. The lowest BCUT2D eigenvalue weighted by Gasteiger charge is -2.14. The van der Waals surface area contributed by atoms with Gasteiger partial charge in [0.25, 0.3) is 5.91 Å². The molecule has 0 spiro atoms. The molecule has 6 N–H and O–H groups in total. The van der Waals surface area contributed by atoms with Gasteiger partial charge in [0, 0.05) is 10.0 Å². The Labute approximate surface area is 158 Å². The van der Waals surface area contributed by atoms with Crippen LogP contribution in [0.1, 0.15) is 10.4 Å². The summed E-state index contributed by atoms with van der Waals surface area (Å²) in [4.78, 5) is 20.3. The highest BCUT2D eigenvalue weighted by Crippen LogP contribution is 2.22. The van der Waals surface area contributed by atoms with Crippen LogP contribution in [0.5, 0.6) is 0 Å². The van der Waals surface area contributed by atoms with Crippen molar-refractivity contribution in [2.24, 2.45) is 0 Å². The first kappa shape index (κ1) is 17.5. The van der Waals surface area contributed by atoms with Crippen molar-refractivity contribution in [2.45, 2.75) is 0 Å². The Bertz CT molecular complexity index is 887. The van der Waals surface area contributed by atoms with Gasteiger partial charge in [0.15, 0.2) is 11.6 Å². The number of para-hydroxylation sites is 1. The number of halogens is 1. The molecule has 132 valence electrons. The molecule has 26 heavy (non-hydrogen) atoms. The van der Waals surface area contributed by atoms with E-state index in [4.69, 9.17) is 5.73 Å². The molecule has 9 heteroatoms. The van der Waals surface area contributed by atoms with Gasteiger partial charge in [-0.25, -0.2) is 9.97 Å². The lowest BCUT2D eigenvalue weighted by Crippen LogP contribution is -2.30. The Kier molecular flexibility index (Phi) is 5.49. The molecule has 0 aliphatic carbocycles. The topological polar surface area (TPSA) is 117 Å². The largest absolute Gasteiger partial charge is 0.393 e. The first-order valence-corrected chi connectivity index (χ1v) is 8.42. The van der Waals surface area contributed by atoms with Gasteiger partial charge in [-0.3, -0.25) is 26.5 Å². The Balaban J connectivity index is 1.63. The fraction of sp³-hybridized carbons (Fsp3) is 0. The minimum Gasteiger partial charge on any atom is -0.393 e. The molecule has 0 aliphatic heterocycles. The predicted molar refractivity (Wildman–Crippen MR) is 105 cm³/mol. The Morgan fingerprint density at radius 3 is 2.23 bits per heavy atom. The molecule has 3 rings (SSSR count). The van der Waals surface area contributed by atoms with E-state index in [1.165, 1.54) is 6.33 Å². The first-order valence-electron chi connectivity index (χ1n) is 7.63. The molecule has 0 saturated carbocycles. The SMILES string of the molecule is Nc1c(NNC(=O)c2ccc(Br)cc2)ncnc1NNc1ccccc1. The van der Waals surface area contributed by atoms with E-state index < -0.39 is 0 Å². The molecule has 1 aromatic heterocycles. The predicted octanol–water partition coefficient (Wildman–Crippen LogP) is 3.02.